The van der Waals surface area contributed by atoms with E-state index >= 15 is 0 Å². The summed E-state index contributed by atoms with van der Waals surface area (Å²) in [5.41, 5.74) is 0. The maximum absolute atomic E-state index is 12.8. The van der Waals surface area contributed by atoms with Crippen LogP contribution >= 0.6 is 0 Å². The zero-order chi connectivity index (χ0) is 19.3. The van der Waals surface area contributed by atoms with Crippen molar-refractivity contribution in [2.75, 3.05) is 0 Å². The van der Waals surface area contributed by atoms with Crippen molar-refractivity contribution >= 4 is 10.1 Å². The Hall–Kier alpha value is -1.00. The van der Waals surface area contributed by atoms with Gasteiger partial charge in [-0.1, -0.05) is 0 Å². The molecule has 23 heavy (non-hydrogen) atoms. The molecule has 140 valence electrons. The van der Waals surface area contributed by atoms with E-state index in [2.05, 4.69) is 0 Å². The van der Waals surface area contributed by atoms with Crippen LogP contribution in [0.5, 0.6) is 0 Å². The highest BCUT2D eigenvalue weighted by molar-refractivity contribution is 7.87. The lowest BCUT2D eigenvalue weighted by molar-refractivity contribution is -0.383. The maximum Gasteiger partial charge on any atom is 0.460 e. The quantitative estimate of drug-likeness (QED) is 0.523. The summed E-state index contributed by atoms with van der Waals surface area (Å²) < 4.78 is 180. The predicted molar refractivity (Wildman–Crippen MR) is 41.9 cm³/mol. The first kappa shape index (κ1) is 22.0. The minimum Gasteiger partial charge on any atom is -0.218 e. The van der Waals surface area contributed by atoms with Crippen molar-refractivity contribution in [2.45, 2.75) is 35.8 Å². The first-order valence-electron chi connectivity index (χ1n) is 4.46. The first-order chi connectivity index (χ1) is 9.63. The smallest absolute Gasteiger partial charge is 0.218 e. The lowest BCUT2D eigenvalue weighted by Gasteiger charge is -2.32. The summed E-state index contributed by atoms with van der Waals surface area (Å²) >= 11 is 0. The van der Waals surface area contributed by atoms with Crippen LogP contribution in [0.15, 0.2) is 0 Å². The van der Waals surface area contributed by atoms with Gasteiger partial charge in [0.1, 0.15) is 0 Å². The molecule has 1 atom stereocenters. The molecule has 0 saturated carbocycles. The van der Waals surface area contributed by atoms with Crippen molar-refractivity contribution in [3.63, 3.8) is 0 Å². The van der Waals surface area contributed by atoms with E-state index in [1.165, 1.54) is 0 Å². The summed E-state index contributed by atoms with van der Waals surface area (Å²) in [4.78, 5) is 0. The molecule has 0 bridgehead atoms. The molecule has 3 nitrogen and oxygen atoms in total. The summed E-state index contributed by atoms with van der Waals surface area (Å²) in [5.74, 6) is -15.5. The standard InChI is InChI=1S/C6HF13O3S/c7-1(2(8,9)10)22-23(20,21)6(18,19)4(13,14)3(11,12)5(15,16)17/h1H. The van der Waals surface area contributed by atoms with E-state index in [4.69, 9.17) is 0 Å². The van der Waals surface area contributed by atoms with Gasteiger partial charge in [-0.25, -0.2) is 8.57 Å². The lowest BCUT2D eigenvalue weighted by atomic mass is 10.1. The monoisotopic (exact) mass is 400 g/mol. The van der Waals surface area contributed by atoms with Gasteiger partial charge in [-0.3, -0.25) is 0 Å². The van der Waals surface area contributed by atoms with Gasteiger partial charge in [-0.05, 0) is 0 Å². The number of alkyl halides is 13. The molecule has 0 aromatic heterocycles. The Balaban J connectivity index is 5.97. The third-order valence-corrected chi connectivity index (χ3v) is 3.21. The van der Waals surface area contributed by atoms with E-state index in [0.717, 1.165) is 0 Å². The third kappa shape index (κ3) is 3.58. The van der Waals surface area contributed by atoms with Gasteiger partial charge in [0.15, 0.2) is 0 Å². The second-order valence-corrected chi connectivity index (χ2v) is 5.18. The average molecular weight is 400 g/mol. The highest BCUT2D eigenvalue weighted by atomic mass is 32.2. The van der Waals surface area contributed by atoms with Gasteiger partial charge < -0.3 is 0 Å². The molecule has 0 aliphatic carbocycles. The molecule has 0 N–H and O–H groups in total. The number of halogens is 13. The van der Waals surface area contributed by atoms with Crippen LogP contribution in [0, 0.1) is 0 Å². The van der Waals surface area contributed by atoms with Crippen LogP contribution in [0.4, 0.5) is 57.1 Å². The van der Waals surface area contributed by atoms with Crippen LogP contribution < -0.4 is 0 Å². The van der Waals surface area contributed by atoms with Crippen LogP contribution in [-0.2, 0) is 14.3 Å². The molecule has 0 radical (unpaired) electrons. The predicted octanol–water partition coefficient (Wildman–Crippen LogP) is 3.62. The van der Waals surface area contributed by atoms with Gasteiger partial charge in [0.25, 0.3) is 0 Å². The summed E-state index contributed by atoms with van der Waals surface area (Å²) in [5, 5.41) is -7.56. The van der Waals surface area contributed by atoms with E-state index in [1.54, 1.807) is 0 Å². The molecule has 0 fully saturated rings. The molecule has 0 amide bonds. The van der Waals surface area contributed by atoms with E-state index < -0.39 is 45.9 Å². The van der Waals surface area contributed by atoms with E-state index in [9.17, 15) is 65.5 Å². The van der Waals surface area contributed by atoms with Crippen molar-refractivity contribution in [3.05, 3.63) is 0 Å². The van der Waals surface area contributed by atoms with Crippen molar-refractivity contribution < 1.29 is 69.7 Å². The Kier molecular flexibility index (Phi) is 5.28. The van der Waals surface area contributed by atoms with Crippen molar-refractivity contribution in [2.24, 2.45) is 0 Å². The highest BCUT2D eigenvalue weighted by Crippen LogP contribution is 2.55. The van der Waals surface area contributed by atoms with Gasteiger partial charge in [0, 0.05) is 0 Å². The van der Waals surface area contributed by atoms with Crippen LogP contribution in [0.2, 0.25) is 0 Å². The van der Waals surface area contributed by atoms with Gasteiger partial charge in [-0.2, -0.15) is 61.1 Å². The van der Waals surface area contributed by atoms with E-state index in [0.29, 0.717) is 0 Å². The molecule has 0 saturated heterocycles. The fourth-order valence-electron chi connectivity index (χ4n) is 0.744. The largest absolute Gasteiger partial charge is 0.460 e. The molecular formula is C6HF13O3S. The van der Waals surface area contributed by atoms with Gasteiger partial charge >= 0.3 is 45.9 Å². The molecule has 0 aliphatic heterocycles. The van der Waals surface area contributed by atoms with Crippen LogP contribution in [0.25, 0.3) is 0 Å². The fraction of sp³-hybridized carbons (Fsp3) is 1.00. The van der Waals surface area contributed by atoms with Crippen LogP contribution in [-0.4, -0.2) is 44.2 Å². The second-order valence-electron chi connectivity index (χ2n) is 3.57. The summed E-state index contributed by atoms with van der Waals surface area (Å²) in [6, 6.07) is 0. The summed E-state index contributed by atoms with van der Waals surface area (Å²) in [7, 11) is -7.90. The van der Waals surface area contributed by atoms with Gasteiger partial charge in [-0.15, -0.1) is 0 Å². The SMILES string of the molecule is O=S(=O)(OC(F)C(F)(F)F)C(F)(F)C(F)(F)C(F)(F)C(F)(F)F. The lowest BCUT2D eigenvalue weighted by Crippen LogP contribution is -2.63. The normalized spacial score (nSPS) is 17.3. The molecule has 1 unspecified atom stereocenters. The molecule has 0 heterocycles. The fourth-order valence-corrected chi connectivity index (χ4v) is 1.64. The van der Waals surface area contributed by atoms with Crippen molar-refractivity contribution in [1.29, 1.82) is 0 Å². The number of hydrogen-bond donors (Lipinski definition) is 0. The Labute approximate surface area is 117 Å². The zero-order valence-electron chi connectivity index (χ0n) is 9.62. The number of hydrogen-bond acceptors (Lipinski definition) is 3. The van der Waals surface area contributed by atoms with Gasteiger partial charge in [0.2, 0.25) is 0 Å². The van der Waals surface area contributed by atoms with Crippen molar-refractivity contribution in [3.8, 4) is 0 Å². The highest BCUT2D eigenvalue weighted by Gasteiger charge is 2.86. The average Bonchev–Trinajstić information content (AvgIpc) is 2.24. The van der Waals surface area contributed by atoms with E-state index in [1.807, 2.05) is 4.18 Å². The molecule has 0 aromatic carbocycles. The molecule has 0 aromatic rings. The van der Waals surface area contributed by atoms with E-state index in [-0.39, 0.29) is 0 Å². The second kappa shape index (κ2) is 5.52. The Morgan fingerprint density at radius 2 is 1.04 bits per heavy atom. The van der Waals surface area contributed by atoms with Gasteiger partial charge in [0.05, 0.1) is 0 Å². The third-order valence-electron chi connectivity index (χ3n) is 1.90. The Bertz CT molecular complexity index is 529. The molecule has 0 rings (SSSR count). The minimum atomic E-state index is -7.90. The summed E-state index contributed by atoms with van der Waals surface area (Å²) in [6.07, 6.45) is -19.0. The Morgan fingerprint density at radius 1 is 0.696 bits per heavy atom. The topological polar surface area (TPSA) is 43.4 Å². The molecule has 0 spiro atoms. The molecule has 0 aliphatic rings. The van der Waals surface area contributed by atoms with Crippen molar-refractivity contribution in [1.82, 2.24) is 0 Å². The van der Waals surface area contributed by atoms with Crippen LogP contribution in [0.1, 0.15) is 0 Å². The maximum atomic E-state index is 12.8. The zero-order valence-corrected chi connectivity index (χ0v) is 10.4. The van der Waals surface area contributed by atoms with Crippen LogP contribution in [0.3, 0.4) is 0 Å². The Morgan fingerprint density at radius 3 is 1.30 bits per heavy atom. The summed E-state index contributed by atoms with van der Waals surface area (Å²) in [6.45, 7) is 0. The number of rotatable bonds is 5. The molecule has 17 heteroatoms. The first-order valence-corrected chi connectivity index (χ1v) is 5.87. The minimum absolute atomic E-state index is 1.91. The molecular weight excluding hydrogens is 399 g/mol.